The number of nitrogens with zero attached hydrogens (tertiary/aromatic N) is 1. The van der Waals surface area contributed by atoms with Gasteiger partial charge in [0.25, 0.3) is 0 Å². The zero-order valence-corrected chi connectivity index (χ0v) is 19.5. The van der Waals surface area contributed by atoms with E-state index in [-0.39, 0.29) is 5.91 Å². The number of aliphatic carboxylic acids is 1. The molecule has 4 rings (SSSR count). The molecule has 0 radical (unpaired) electrons. The van der Waals surface area contributed by atoms with Crippen LogP contribution in [0.2, 0.25) is 0 Å². The standard InChI is InChI=1S/C24H28N2O2.C2HF3O2/c1-28-23-10-5-18(6-11-23)7-12-24(27)25-21-9-8-19-13-15-26(22-3-2-4-22)16-14-20(19)17-21;3-2(4,5)1(6)7/h5-12,17,22H,2-4,13-16H2,1H3,(H,25,27);(H,6,7)/b12-7+;. The van der Waals surface area contributed by atoms with Gasteiger partial charge in [-0.3, -0.25) is 9.69 Å². The van der Waals surface area contributed by atoms with Crippen LogP contribution >= 0.6 is 0 Å². The van der Waals surface area contributed by atoms with Crippen molar-refractivity contribution in [3.63, 3.8) is 0 Å². The van der Waals surface area contributed by atoms with Crippen molar-refractivity contribution in [3.8, 4) is 5.75 Å². The third-order valence-electron chi connectivity index (χ3n) is 6.19. The number of rotatable bonds is 5. The first kappa shape index (κ1) is 26.3. The molecule has 9 heteroatoms. The van der Waals surface area contributed by atoms with E-state index < -0.39 is 12.1 Å². The summed E-state index contributed by atoms with van der Waals surface area (Å²) in [5, 5.41) is 10.1. The zero-order chi connectivity index (χ0) is 25.4. The Hall–Kier alpha value is -3.33. The van der Waals surface area contributed by atoms with Crippen LogP contribution < -0.4 is 10.1 Å². The molecule has 1 saturated carbocycles. The fraction of sp³-hybridized carbons (Fsp3) is 0.385. The predicted molar refractivity (Wildman–Crippen MR) is 127 cm³/mol. The highest BCUT2D eigenvalue weighted by molar-refractivity contribution is 6.02. The Bertz CT molecular complexity index is 1050. The molecule has 0 atom stereocenters. The van der Waals surface area contributed by atoms with Gasteiger partial charge in [-0.2, -0.15) is 13.2 Å². The van der Waals surface area contributed by atoms with E-state index in [9.17, 15) is 18.0 Å². The zero-order valence-electron chi connectivity index (χ0n) is 19.5. The van der Waals surface area contributed by atoms with Gasteiger partial charge in [-0.1, -0.05) is 24.6 Å². The average Bonchev–Trinajstić information content (AvgIpc) is 2.99. The van der Waals surface area contributed by atoms with Crippen molar-refractivity contribution >= 4 is 23.6 Å². The number of fused-ring (bicyclic) bond motifs is 1. The smallest absolute Gasteiger partial charge is 0.490 e. The second-order valence-electron chi connectivity index (χ2n) is 8.50. The average molecular weight is 491 g/mol. The summed E-state index contributed by atoms with van der Waals surface area (Å²) in [4.78, 5) is 23.8. The predicted octanol–water partition coefficient (Wildman–Crippen LogP) is 4.93. The SMILES string of the molecule is COc1ccc(/C=C/C(=O)Nc2ccc3c(c2)CCN(C2CCC2)CC3)cc1.O=C(O)C(F)(F)F. The third kappa shape index (κ3) is 7.85. The van der Waals surface area contributed by atoms with E-state index in [0.29, 0.717) is 0 Å². The number of hydrogen-bond acceptors (Lipinski definition) is 4. The van der Waals surface area contributed by atoms with Gasteiger partial charge < -0.3 is 15.2 Å². The van der Waals surface area contributed by atoms with Gasteiger partial charge in [0.05, 0.1) is 7.11 Å². The Balaban J connectivity index is 0.000000429. The van der Waals surface area contributed by atoms with Crippen LogP contribution in [0.3, 0.4) is 0 Å². The number of benzene rings is 2. The maximum atomic E-state index is 12.3. The molecule has 1 aliphatic carbocycles. The fourth-order valence-corrected chi connectivity index (χ4v) is 4.01. The monoisotopic (exact) mass is 490 g/mol. The quantitative estimate of drug-likeness (QED) is 0.581. The summed E-state index contributed by atoms with van der Waals surface area (Å²) in [6, 6.07) is 14.8. The number of carboxylic acids is 1. The number of hydrogen-bond donors (Lipinski definition) is 2. The van der Waals surface area contributed by atoms with E-state index in [4.69, 9.17) is 14.6 Å². The van der Waals surface area contributed by atoms with Crippen molar-refractivity contribution in [1.29, 1.82) is 0 Å². The van der Waals surface area contributed by atoms with Crippen molar-refractivity contribution in [1.82, 2.24) is 4.90 Å². The summed E-state index contributed by atoms with van der Waals surface area (Å²) in [6.45, 7) is 2.29. The number of alkyl halides is 3. The van der Waals surface area contributed by atoms with Gasteiger partial charge in [-0.25, -0.2) is 4.79 Å². The molecule has 35 heavy (non-hydrogen) atoms. The first-order valence-electron chi connectivity index (χ1n) is 11.4. The molecule has 1 amide bonds. The van der Waals surface area contributed by atoms with Crippen molar-refractivity contribution < 1.29 is 32.6 Å². The number of anilines is 1. The van der Waals surface area contributed by atoms with Crippen molar-refractivity contribution in [2.75, 3.05) is 25.5 Å². The van der Waals surface area contributed by atoms with E-state index in [1.165, 1.54) is 30.4 Å². The van der Waals surface area contributed by atoms with E-state index in [2.05, 4.69) is 22.3 Å². The minimum atomic E-state index is -5.08. The number of halogens is 3. The van der Waals surface area contributed by atoms with E-state index in [1.54, 1.807) is 13.2 Å². The normalized spacial score (nSPS) is 16.3. The van der Waals surface area contributed by atoms with Gasteiger partial charge in [0, 0.05) is 30.9 Å². The number of carbonyl (C=O) groups excluding carboxylic acids is 1. The number of carboxylic acid groups (broad SMARTS) is 1. The maximum Gasteiger partial charge on any atom is 0.490 e. The molecule has 1 heterocycles. The summed E-state index contributed by atoms with van der Waals surface area (Å²) >= 11 is 0. The second kappa shape index (κ2) is 11.9. The van der Waals surface area contributed by atoms with Crippen molar-refractivity contribution in [2.45, 2.75) is 44.3 Å². The number of methoxy groups -OCH3 is 1. The Kier molecular flexibility index (Phi) is 8.92. The summed E-state index contributed by atoms with van der Waals surface area (Å²) in [5.74, 6) is -2.06. The molecule has 2 aromatic carbocycles. The molecular formula is C26H29F3N2O4. The summed E-state index contributed by atoms with van der Waals surface area (Å²) in [7, 11) is 1.64. The highest BCUT2D eigenvalue weighted by Gasteiger charge is 2.38. The lowest BCUT2D eigenvalue weighted by Gasteiger charge is -2.36. The Morgan fingerprint density at radius 2 is 1.69 bits per heavy atom. The summed E-state index contributed by atoms with van der Waals surface area (Å²) in [5.41, 5.74) is 4.64. The first-order valence-corrected chi connectivity index (χ1v) is 11.4. The fourth-order valence-electron chi connectivity index (χ4n) is 4.01. The second-order valence-corrected chi connectivity index (χ2v) is 8.50. The Morgan fingerprint density at radius 3 is 2.23 bits per heavy atom. The molecule has 188 valence electrons. The molecule has 0 aromatic heterocycles. The Labute approximate surface area is 202 Å². The van der Waals surface area contributed by atoms with E-state index >= 15 is 0 Å². The topological polar surface area (TPSA) is 78.9 Å². The number of carbonyl (C=O) groups is 2. The van der Waals surface area contributed by atoms with Gasteiger partial charge in [-0.05, 0) is 72.7 Å². The molecule has 1 aliphatic heterocycles. The van der Waals surface area contributed by atoms with Gasteiger partial charge in [0.15, 0.2) is 0 Å². The largest absolute Gasteiger partial charge is 0.497 e. The third-order valence-corrected chi connectivity index (χ3v) is 6.19. The molecule has 1 fully saturated rings. The molecule has 0 saturated heterocycles. The Morgan fingerprint density at radius 1 is 1.06 bits per heavy atom. The molecule has 2 aromatic rings. The number of amides is 1. The van der Waals surface area contributed by atoms with Crippen LogP contribution in [-0.2, 0) is 22.4 Å². The molecule has 2 N–H and O–H groups in total. The summed E-state index contributed by atoms with van der Waals surface area (Å²) in [6.07, 6.45) is 4.58. The van der Waals surface area contributed by atoms with Crippen LogP contribution in [0.25, 0.3) is 6.08 Å². The number of nitrogens with one attached hydrogen (secondary N) is 1. The van der Waals surface area contributed by atoms with Crippen LogP contribution in [0.1, 0.15) is 36.0 Å². The first-order chi connectivity index (χ1) is 16.7. The van der Waals surface area contributed by atoms with Crippen LogP contribution in [0.15, 0.2) is 48.5 Å². The molecular weight excluding hydrogens is 461 g/mol. The minimum absolute atomic E-state index is 0.111. The van der Waals surface area contributed by atoms with E-state index in [1.807, 2.05) is 36.4 Å². The minimum Gasteiger partial charge on any atom is -0.497 e. The lowest BCUT2D eigenvalue weighted by molar-refractivity contribution is -0.192. The van der Waals surface area contributed by atoms with Crippen LogP contribution in [0.4, 0.5) is 18.9 Å². The van der Waals surface area contributed by atoms with Gasteiger partial charge in [0.2, 0.25) is 5.91 Å². The maximum absolute atomic E-state index is 12.3. The molecule has 0 bridgehead atoms. The number of ether oxygens (including phenoxy) is 1. The van der Waals surface area contributed by atoms with Crippen LogP contribution in [0.5, 0.6) is 5.75 Å². The lowest BCUT2D eigenvalue weighted by Crippen LogP contribution is -2.41. The van der Waals surface area contributed by atoms with E-state index in [0.717, 1.165) is 49.0 Å². The molecule has 6 nitrogen and oxygen atoms in total. The highest BCUT2D eigenvalue weighted by atomic mass is 19.4. The molecule has 0 unspecified atom stereocenters. The van der Waals surface area contributed by atoms with Crippen molar-refractivity contribution in [3.05, 3.63) is 65.2 Å². The lowest BCUT2D eigenvalue weighted by atomic mass is 9.91. The van der Waals surface area contributed by atoms with Crippen LogP contribution in [0, 0.1) is 0 Å². The van der Waals surface area contributed by atoms with Crippen molar-refractivity contribution in [2.24, 2.45) is 0 Å². The highest BCUT2D eigenvalue weighted by Crippen LogP contribution is 2.28. The molecule has 0 spiro atoms. The van der Waals surface area contributed by atoms with Gasteiger partial charge >= 0.3 is 12.1 Å². The molecule has 2 aliphatic rings. The summed E-state index contributed by atoms with van der Waals surface area (Å²) < 4.78 is 36.9. The van der Waals surface area contributed by atoms with Gasteiger partial charge in [-0.15, -0.1) is 0 Å². The van der Waals surface area contributed by atoms with Gasteiger partial charge in [0.1, 0.15) is 5.75 Å². The van der Waals surface area contributed by atoms with Crippen LogP contribution in [-0.4, -0.2) is 54.3 Å².